The Bertz CT molecular complexity index is 1110. The van der Waals surface area contributed by atoms with E-state index in [1.807, 2.05) is 0 Å². The molecule has 9 heteroatoms. The van der Waals surface area contributed by atoms with E-state index in [0.29, 0.717) is 13.1 Å². The number of anilines is 1. The van der Waals surface area contributed by atoms with Gasteiger partial charge >= 0.3 is 0 Å². The summed E-state index contributed by atoms with van der Waals surface area (Å²) in [4.78, 5) is 25.4. The fourth-order valence-electron chi connectivity index (χ4n) is 3.51. The van der Waals surface area contributed by atoms with Gasteiger partial charge in [-0.25, -0.2) is 8.42 Å². The van der Waals surface area contributed by atoms with Gasteiger partial charge in [0.2, 0.25) is 10.0 Å². The Morgan fingerprint density at radius 1 is 1.00 bits per heavy atom. The number of halogens is 1. The predicted molar refractivity (Wildman–Crippen MR) is 126 cm³/mol. The van der Waals surface area contributed by atoms with E-state index in [-0.39, 0.29) is 39.2 Å². The number of nitrogens with one attached hydrogen (secondary N) is 2. The second-order valence-electron chi connectivity index (χ2n) is 7.46. The van der Waals surface area contributed by atoms with Crippen molar-refractivity contribution in [2.24, 2.45) is 0 Å². The van der Waals surface area contributed by atoms with Gasteiger partial charge in [-0.1, -0.05) is 42.7 Å². The molecule has 1 fully saturated rings. The summed E-state index contributed by atoms with van der Waals surface area (Å²) in [6, 6.07) is 10.6. The van der Waals surface area contributed by atoms with Crippen molar-refractivity contribution in [3.05, 3.63) is 71.3 Å². The molecule has 0 unspecified atom stereocenters. The van der Waals surface area contributed by atoms with E-state index in [1.165, 1.54) is 22.5 Å². The predicted octanol–water partition coefficient (Wildman–Crippen LogP) is 4.07. The smallest absolute Gasteiger partial charge is 0.257 e. The Hall–Kier alpha value is -2.68. The van der Waals surface area contributed by atoms with Crippen LogP contribution in [0.15, 0.2) is 60.0 Å². The highest BCUT2D eigenvalue weighted by Gasteiger charge is 2.27. The quantitative estimate of drug-likeness (QED) is 0.590. The maximum Gasteiger partial charge on any atom is 0.257 e. The average Bonchev–Trinajstić information content (AvgIpc) is 3.08. The lowest BCUT2D eigenvalue weighted by atomic mass is 10.1. The molecule has 0 spiro atoms. The molecule has 0 aliphatic carbocycles. The molecule has 2 aromatic rings. The number of sulfonamides is 1. The van der Waals surface area contributed by atoms with Crippen molar-refractivity contribution in [3.8, 4) is 0 Å². The zero-order valence-corrected chi connectivity index (χ0v) is 19.2. The normalized spacial score (nSPS) is 14.9. The standard InChI is InChI=1S/C23H26ClN3O4S/c1-2-13-25-22(28)18-9-5-6-10-21(18)26-23(29)19-16-17(11-12-20(19)24)32(30,31)27-14-7-3-4-8-15-27/h2,5-6,9-12,16H,1,3-4,7-8,13-15H2,(H,25,28)(H,26,29). The molecule has 1 aliphatic rings. The second kappa shape index (κ2) is 10.8. The summed E-state index contributed by atoms with van der Waals surface area (Å²) in [5, 5.41) is 5.46. The van der Waals surface area contributed by atoms with Crippen molar-refractivity contribution in [2.75, 3.05) is 25.0 Å². The topological polar surface area (TPSA) is 95.6 Å². The minimum Gasteiger partial charge on any atom is -0.349 e. The van der Waals surface area contributed by atoms with Crippen molar-refractivity contribution in [1.82, 2.24) is 9.62 Å². The van der Waals surface area contributed by atoms with Gasteiger partial charge in [0.15, 0.2) is 0 Å². The third-order valence-electron chi connectivity index (χ3n) is 5.21. The van der Waals surface area contributed by atoms with Gasteiger partial charge in [0.1, 0.15) is 0 Å². The number of amides is 2. The molecule has 0 bridgehead atoms. The van der Waals surface area contributed by atoms with Gasteiger partial charge in [0, 0.05) is 19.6 Å². The third kappa shape index (κ3) is 5.56. The Kier molecular flexibility index (Phi) is 8.06. The molecule has 1 heterocycles. The second-order valence-corrected chi connectivity index (χ2v) is 9.80. The van der Waals surface area contributed by atoms with Crippen molar-refractivity contribution in [2.45, 2.75) is 30.6 Å². The largest absolute Gasteiger partial charge is 0.349 e. The first-order valence-electron chi connectivity index (χ1n) is 10.4. The van der Waals surface area contributed by atoms with Crippen molar-refractivity contribution in [3.63, 3.8) is 0 Å². The highest BCUT2D eigenvalue weighted by molar-refractivity contribution is 7.89. The van der Waals surface area contributed by atoms with Crippen molar-refractivity contribution in [1.29, 1.82) is 0 Å². The first-order chi connectivity index (χ1) is 15.3. The van der Waals surface area contributed by atoms with Gasteiger partial charge < -0.3 is 10.6 Å². The van der Waals surface area contributed by atoms with Crippen LogP contribution in [-0.4, -0.2) is 44.2 Å². The summed E-state index contributed by atoms with van der Waals surface area (Å²) in [5.74, 6) is -0.976. The molecule has 32 heavy (non-hydrogen) atoms. The molecular formula is C23H26ClN3O4S. The van der Waals surface area contributed by atoms with E-state index in [0.717, 1.165) is 25.7 Å². The fraction of sp³-hybridized carbons (Fsp3) is 0.304. The number of hydrogen-bond acceptors (Lipinski definition) is 4. The van der Waals surface area contributed by atoms with Crippen LogP contribution in [0.5, 0.6) is 0 Å². The van der Waals surface area contributed by atoms with Gasteiger partial charge in [-0.05, 0) is 43.2 Å². The highest BCUT2D eigenvalue weighted by Crippen LogP contribution is 2.26. The molecule has 3 rings (SSSR count). The van der Waals surface area contributed by atoms with Gasteiger partial charge in [-0.2, -0.15) is 4.31 Å². The van der Waals surface area contributed by atoms with E-state index in [2.05, 4.69) is 17.2 Å². The molecule has 0 saturated carbocycles. The molecule has 2 amide bonds. The van der Waals surface area contributed by atoms with Crippen LogP contribution in [-0.2, 0) is 10.0 Å². The number of benzene rings is 2. The van der Waals surface area contributed by atoms with Crippen LogP contribution in [0.1, 0.15) is 46.4 Å². The van der Waals surface area contributed by atoms with E-state index >= 15 is 0 Å². The lowest BCUT2D eigenvalue weighted by molar-refractivity contribution is 0.0959. The summed E-state index contributed by atoms with van der Waals surface area (Å²) in [6.07, 6.45) is 5.17. The molecule has 0 atom stereocenters. The number of carbonyl (C=O) groups excluding carboxylic acids is 2. The molecule has 170 valence electrons. The Balaban J connectivity index is 1.87. The minimum atomic E-state index is -3.74. The number of carbonyl (C=O) groups is 2. The highest BCUT2D eigenvalue weighted by atomic mass is 35.5. The van der Waals surface area contributed by atoms with Crippen molar-refractivity contribution >= 4 is 39.1 Å². The van der Waals surface area contributed by atoms with Gasteiger partial charge in [0.25, 0.3) is 11.8 Å². The minimum absolute atomic E-state index is 0.0175. The molecule has 2 aromatic carbocycles. The fourth-order valence-corrected chi connectivity index (χ4v) is 5.26. The lowest BCUT2D eigenvalue weighted by Gasteiger charge is -2.20. The van der Waals surface area contributed by atoms with Crippen LogP contribution in [0, 0.1) is 0 Å². The van der Waals surface area contributed by atoms with Crippen LogP contribution >= 0.6 is 11.6 Å². The average molecular weight is 476 g/mol. The Morgan fingerprint density at radius 3 is 2.38 bits per heavy atom. The van der Waals surface area contributed by atoms with Crippen LogP contribution < -0.4 is 10.6 Å². The number of para-hydroxylation sites is 1. The van der Waals surface area contributed by atoms with Gasteiger partial charge in [-0.3, -0.25) is 9.59 Å². The summed E-state index contributed by atoms with van der Waals surface area (Å²) in [5.41, 5.74) is 0.576. The first kappa shape index (κ1) is 24.0. The Morgan fingerprint density at radius 2 is 1.69 bits per heavy atom. The first-order valence-corrected chi connectivity index (χ1v) is 12.3. The Labute approximate surface area is 193 Å². The summed E-state index contributed by atoms with van der Waals surface area (Å²) >= 11 is 6.23. The van der Waals surface area contributed by atoms with E-state index in [1.54, 1.807) is 30.3 Å². The monoisotopic (exact) mass is 475 g/mol. The van der Waals surface area contributed by atoms with Crippen LogP contribution in [0.3, 0.4) is 0 Å². The molecule has 1 saturated heterocycles. The van der Waals surface area contributed by atoms with E-state index in [4.69, 9.17) is 11.6 Å². The zero-order valence-electron chi connectivity index (χ0n) is 17.6. The van der Waals surface area contributed by atoms with Gasteiger partial charge in [0.05, 0.1) is 26.7 Å². The van der Waals surface area contributed by atoms with Crippen LogP contribution in [0.25, 0.3) is 0 Å². The summed E-state index contributed by atoms with van der Waals surface area (Å²) in [7, 11) is -3.74. The number of hydrogen-bond donors (Lipinski definition) is 2. The number of rotatable bonds is 7. The molecule has 0 aromatic heterocycles. The van der Waals surface area contributed by atoms with Crippen LogP contribution in [0.4, 0.5) is 5.69 Å². The lowest BCUT2D eigenvalue weighted by Crippen LogP contribution is -2.32. The molecule has 1 aliphatic heterocycles. The molecular weight excluding hydrogens is 450 g/mol. The van der Waals surface area contributed by atoms with E-state index in [9.17, 15) is 18.0 Å². The molecule has 0 radical (unpaired) electrons. The van der Waals surface area contributed by atoms with E-state index < -0.39 is 15.9 Å². The maximum atomic E-state index is 13.1. The molecule has 7 nitrogen and oxygen atoms in total. The molecule has 2 N–H and O–H groups in total. The third-order valence-corrected chi connectivity index (χ3v) is 7.44. The van der Waals surface area contributed by atoms with Crippen molar-refractivity contribution < 1.29 is 18.0 Å². The van der Waals surface area contributed by atoms with Gasteiger partial charge in [-0.15, -0.1) is 6.58 Å². The summed E-state index contributed by atoms with van der Waals surface area (Å²) < 4.78 is 27.7. The SMILES string of the molecule is C=CCNC(=O)c1ccccc1NC(=O)c1cc(S(=O)(=O)N2CCCCCC2)ccc1Cl. The number of nitrogens with zero attached hydrogens (tertiary/aromatic N) is 1. The van der Waals surface area contributed by atoms with Crippen LogP contribution in [0.2, 0.25) is 5.02 Å². The summed E-state index contributed by atoms with van der Waals surface area (Å²) in [6.45, 7) is 4.76. The zero-order chi connectivity index (χ0) is 23.1. The maximum absolute atomic E-state index is 13.1.